The molecule has 2 unspecified atom stereocenters. The Hall–Kier alpha value is -0.940. The average Bonchev–Trinajstić information content (AvgIpc) is 3.03. The zero-order chi connectivity index (χ0) is 15.9. The van der Waals surface area contributed by atoms with E-state index >= 15 is 0 Å². The van der Waals surface area contributed by atoms with E-state index in [2.05, 4.69) is 25.9 Å². The highest BCUT2D eigenvalue weighted by molar-refractivity contribution is 9.10. The van der Waals surface area contributed by atoms with Gasteiger partial charge in [0.25, 0.3) is 0 Å². The van der Waals surface area contributed by atoms with Gasteiger partial charge in [0.15, 0.2) is 11.8 Å². The number of aromatic nitrogens is 2. The lowest BCUT2D eigenvalue weighted by atomic mass is 10.1. The Balaban J connectivity index is 1.75. The Morgan fingerprint density at radius 2 is 2.18 bits per heavy atom. The number of rotatable bonds is 3. The lowest BCUT2D eigenvalue weighted by molar-refractivity contribution is -0.0214. The van der Waals surface area contributed by atoms with Gasteiger partial charge in [0.1, 0.15) is 18.3 Å². The van der Waals surface area contributed by atoms with Crippen LogP contribution in [-0.2, 0) is 25.0 Å². The minimum atomic E-state index is -1.41. The maximum Gasteiger partial charge on any atom is 0.358 e. The second kappa shape index (κ2) is 6.28. The minimum Gasteiger partial charge on any atom is -0.452 e. The Morgan fingerprint density at radius 3 is 2.91 bits per heavy atom. The minimum absolute atomic E-state index is 0.0119. The molecule has 0 spiro atoms. The van der Waals surface area contributed by atoms with Crippen molar-refractivity contribution in [3.63, 3.8) is 0 Å². The molecule has 5 atom stereocenters. The summed E-state index contributed by atoms with van der Waals surface area (Å²) < 4.78 is 27.9. The van der Waals surface area contributed by atoms with Gasteiger partial charge in [0.05, 0.1) is 28.5 Å². The van der Waals surface area contributed by atoms with E-state index < -0.39 is 41.2 Å². The third-order valence-electron chi connectivity index (χ3n) is 3.41. The van der Waals surface area contributed by atoms with Crippen molar-refractivity contribution in [1.29, 1.82) is 0 Å². The fraction of sp³-hybridized carbons (Fsp3) is 0.583. The van der Waals surface area contributed by atoms with Crippen molar-refractivity contribution in [3.05, 3.63) is 16.4 Å². The summed E-state index contributed by atoms with van der Waals surface area (Å²) in [5, 5.41) is 9.70. The summed E-state index contributed by atoms with van der Waals surface area (Å²) in [6.45, 7) is 0.299. The van der Waals surface area contributed by atoms with Gasteiger partial charge in [-0.25, -0.2) is 14.8 Å². The van der Waals surface area contributed by atoms with E-state index in [1.807, 2.05) is 0 Å². The Bertz CT molecular complexity index is 630. The summed E-state index contributed by atoms with van der Waals surface area (Å²) in [7, 11) is -1.41. The second-order valence-corrected chi connectivity index (χ2v) is 7.04. The van der Waals surface area contributed by atoms with Gasteiger partial charge in [0, 0.05) is 12.5 Å². The van der Waals surface area contributed by atoms with Crippen LogP contribution in [0, 0.1) is 0 Å². The molecular weight excluding hydrogens is 380 g/mol. The van der Waals surface area contributed by atoms with Crippen LogP contribution in [0.1, 0.15) is 10.5 Å². The van der Waals surface area contributed by atoms with Crippen LogP contribution in [-0.4, -0.2) is 69.1 Å². The standard InChI is InChI=1S/C12H13BrN2O6S/c1-22(18)12-14-2-5(13)8(15-12)11(17)21-7-4-20-9-6(16)3-19-10(7)9/h2,6-7,9-10,16H,3-4H2,1H3/t6-,7?,9+,10+,22?/m0/s1. The van der Waals surface area contributed by atoms with E-state index in [-0.39, 0.29) is 24.1 Å². The van der Waals surface area contributed by atoms with E-state index in [1.54, 1.807) is 0 Å². The van der Waals surface area contributed by atoms with Crippen LogP contribution in [0.25, 0.3) is 0 Å². The fourth-order valence-electron chi connectivity index (χ4n) is 2.37. The number of hydrogen-bond donors (Lipinski definition) is 1. The van der Waals surface area contributed by atoms with Gasteiger partial charge in [-0.05, 0) is 15.9 Å². The predicted octanol–water partition coefficient (Wildman–Crippen LogP) is -0.340. The summed E-state index contributed by atoms with van der Waals surface area (Å²) in [6.07, 6.45) is 0.469. The lowest BCUT2D eigenvalue weighted by Crippen LogP contribution is -2.34. The van der Waals surface area contributed by atoms with Crippen LogP contribution in [0.3, 0.4) is 0 Å². The normalized spacial score (nSPS) is 31.8. The highest BCUT2D eigenvalue weighted by Crippen LogP contribution is 2.29. The molecule has 2 fully saturated rings. The van der Waals surface area contributed by atoms with Gasteiger partial charge in [-0.2, -0.15) is 0 Å². The van der Waals surface area contributed by atoms with Gasteiger partial charge < -0.3 is 19.3 Å². The fourth-order valence-corrected chi connectivity index (χ4v) is 3.14. The van der Waals surface area contributed by atoms with Gasteiger partial charge in [-0.1, -0.05) is 0 Å². The lowest BCUT2D eigenvalue weighted by Gasteiger charge is -2.16. The van der Waals surface area contributed by atoms with Crippen LogP contribution >= 0.6 is 15.9 Å². The Morgan fingerprint density at radius 1 is 1.45 bits per heavy atom. The van der Waals surface area contributed by atoms with Crippen LogP contribution in [0.4, 0.5) is 0 Å². The molecule has 2 aliphatic rings. The van der Waals surface area contributed by atoms with Crippen molar-refractivity contribution >= 4 is 32.7 Å². The molecule has 8 nitrogen and oxygen atoms in total. The number of halogens is 1. The van der Waals surface area contributed by atoms with Gasteiger partial charge in [-0.15, -0.1) is 0 Å². The predicted molar refractivity (Wildman–Crippen MR) is 76.8 cm³/mol. The summed E-state index contributed by atoms with van der Waals surface area (Å²) in [5.41, 5.74) is -0.0119. The molecule has 22 heavy (non-hydrogen) atoms. The average molecular weight is 393 g/mol. The third kappa shape index (κ3) is 2.93. The molecule has 0 amide bonds. The highest BCUT2D eigenvalue weighted by Gasteiger charge is 2.49. The monoisotopic (exact) mass is 392 g/mol. The van der Waals surface area contributed by atoms with Crippen molar-refractivity contribution in [2.75, 3.05) is 19.5 Å². The summed E-state index contributed by atoms with van der Waals surface area (Å²) in [5.74, 6) is -0.694. The second-order valence-electron chi connectivity index (χ2n) is 4.91. The maximum atomic E-state index is 12.3. The zero-order valence-corrected chi connectivity index (χ0v) is 13.9. The highest BCUT2D eigenvalue weighted by atomic mass is 79.9. The molecule has 1 aromatic heterocycles. The van der Waals surface area contributed by atoms with Crippen LogP contribution in [0.2, 0.25) is 0 Å². The molecule has 1 aromatic rings. The molecule has 2 saturated heterocycles. The Labute approximate surface area is 136 Å². The topological polar surface area (TPSA) is 108 Å². The smallest absolute Gasteiger partial charge is 0.358 e. The molecule has 0 aromatic carbocycles. The summed E-state index contributed by atoms with van der Waals surface area (Å²) >= 11 is 3.17. The number of nitrogens with zero attached hydrogens (tertiary/aromatic N) is 2. The number of ether oxygens (including phenoxy) is 3. The maximum absolute atomic E-state index is 12.3. The first-order chi connectivity index (χ1) is 10.5. The van der Waals surface area contributed by atoms with Crippen molar-refractivity contribution in [2.45, 2.75) is 29.6 Å². The quantitative estimate of drug-likeness (QED) is 0.549. The van der Waals surface area contributed by atoms with Crippen molar-refractivity contribution in [1.82, 2.24) is 9.97 Å². The van der Waals surface area contributed by atoms with E-state index in [9.17, 15) is 14.1 Å². The molecule has 0 aliphatic carbocycles. The summed E-state index contributed by atoms with van der Waals surface area (Å²) in [6, 6.07) is 0. The van der Waals surface area contributed by atoms with E-state index in [0.717, 1.165) is 0 Å². The van der Waals surface area contributed by atoms with E-state index in [4.69, 9.17) is 14.2 Å². The number of fused-ring (bicyclic) bond motifs is 1. The van der Waals surface area contributed by atoms with Crippen LogP contribution in [0.5, 0.6) is 0 Å². The number of esters is 1. The number of hydrogen-bond acceptors (Lipinski definition) is 8. The van der Waals surface area contributed by atoms with E-state index in [0.29, 0.717) is 4.47 Å². The SMILES string of the molecule is CS(=O)c1ncc(Br)c(C(=O)OC2CO[C@H]3[C@@H]2OC[C@@H]3O)n1. The molecule has 0 radical (unpaired) electrons. The third-order valence-corrected chi connectivity index (χ3v) is 4.70. The number of aliphatic hydroxyl groups is 1. The van der Waals surface area contributed by atoms with Crippen molar-refractivity contribution in [2.24, 2.45) is 0 Å². The molecule has 3 heterocycles. The van der Waals surface area contributed by atoms with Crippen molar-refractivity contribution < 1.29 is 28.3 Å². The van der Waals surface area contributed by atoms with Gasteiger partial charge in [0.2, 0.25) is 5.16 Å². The van der Waals surface area contributed by atoms with Gasteiger partial charge in [-0.3, -0.25) is 4.21 Å². The zero-order valence-electron chi connectivity index (χ0n) is 11.5. The van der Waals surface area contributed by atoms with E-state index in [1.165, 1.54) is 12.5 Å². The molecular formula is C12H13BrN2O6S. The molecule has 1 N–H and O–H groups in total. The first kappa shape index (κ1) is 15.9. The largest absolute Gasteiger partial charge is 0.452 e. The molecule has 0 saturated carbocycles. The first-order valence-corrected chi connectivity index (χ1v) is 8.80. The molecule has 120 valence electrons. The summed E-state index contributed by atoms with van der Waals surface area (Å²) in [4.78, 5) is 20.1. The van der Waals surface area contributed by atoms with Crippen LogP contribution in [0.15, 0.2) is 15.8 Å². The van der Waals surface area contributed by atoms with Gasteiger partial charge >= 0.3 is 5.97 Å². The first-order valence-electron chi connectivity index (χ1n) is 6.45. The number of carbonyl (C=O) groups excluding carboxylic acids is 1. The number of aliphatic hydroxyl groups excluding tert-OH is 1. The molecule has 3 rings (SSSR count). The Kier molecular flexibility index (Phi) is 4.55. The molecule has 10 heteroatoms. The molecule has 2 aliphatic heterocycles. The van der Waals surface area contributed by atoms with Crippen LogP contribution < -0.4 is 0 Å². The molecule has 0 bridgehead atoms. The van der Waals surface area contributed by atoms with Crippen molar-refractivity contribution in [3.8, 4) is 0 Å². The number of carbonyl (C=O) groups is 1.